The zero-order valence-electron chi connectivity index (χ0n) is 16.7. The van der Waals surface area contributed by atoms with E-state index in [-0.39, 0.29) is 11.5 Å². The molecule has 0 atom stereocenters. The Morgan fingerprint density at radius 2 is 1.47 bits per heavy atom. The first-order valence-corrected chi connectivity index (χ1v) is 9.78. The highest BCUT2D eigenvalue weighted by Gasteiger charge is 2.26. The van der Waals surface area contributed by atoms with Crippen molar-refractivity contribution in [3.63, 3.8) is 0 Å². The summed E-state index contributed by atoms with van der Waals surface area (Å²) in [4.78, 5) is 28.8. The van der Waals surface area contributed by atoms with Gasteiger partial charge in [-0.05, 0) is 24.3 Å². The third-order valence-electron chi connectivity index (χ3n) is 5.17. The van der Waals surface area contributed by atoms with Gasteiger partial charge >= 0.3 is 5.97 Å². The SMILES string of the molecule is COC(=O)c1ccccc1C(=O)N1CCN(c2ccc(-c3ccccc3)nn2)CC1. The summed E-state index contributed by atoms with van der Waals surface area (Å²) in [7, 11) is 1.31. The van der Waals surface area contributed by atoms with Crippen molar-refractivity contribution in [3.05, 3.63) is 77.9 Å². The lowest BCUT2D eigenvalue weighted by Gasteiger charge is -2.35. The van der Waals surface area contributed by atoms with Crippen LogP contribution in [0.2, 0.25) is 0 Å². The molecule has 0 bridgehead atoms. The van der Waals surface area contributed by atoms with Gasteiger partial charge in [0.1, 0.15) is 0 Å². The molecule has 0 N–H and O–H groups in total. The second-order valence-electron chi connectivity index (χ2n) is 6.96. The van der Waals surface area contributed by atoms with Crippen LogP contribution in [0.5, 0.6) is 0 Å². The van der Waals surface area contributed by atoms with Crippen LogP contribution < -0.4 is 4.90 Å². The highest BCUT2D eigenvalue weighted by Crippen LogP contribution is 2.20. The number of hydrogen-bond donors (Lipinski definition) is 0. The normalized spacial score (nSPS) is 13.8. The Balaban J connectivity index is 1.42. The molecular formula is C23H22N4O3. The minimum absolute atomic E-state index is 0.166. The van der Waals surface area contributed by atoms with E-state index in [0.717, 1.165) is 17.1 Å². The van der Waals surface area contributed by atoms with Gasteiger partial charge in [0.15, 0.2) is 5.82 Å². The van der Waals surface area contributed by atoms with Gasteiger partial charge < -0.3 is 14.5 Å². The number of benzene rings is 2. The molecule has 152 valence electrons. The van der Waals surface area contributed by atoms with Crippen molar-refractivity contribution in [2.45, 2.75) is 0 Å². The van der Waals surface area contributed by atoms with Gasteiger partial charge in [0, 0.05) is 31.7 Å². The molecule has 7 nitrogen and oxygen atoms in total. The molecule has 1 aliphatic heterocycles. The fourth-order valence-electron chi connectivity index (χ4n) is 3.52. The van der Waals surface area contributed by atoms with E-state index in [1.165, 1.54) is 7.11 Å². The molecule has 0 saturated carbocycles. The van der Waals surface area contributed by atoms with E-state index in [1.54, 1.807) is 29.2 Å². The lowest BCUT2D eigenvalue weighted by Crippen LogP contribution is -2.49. The van der Waals surface area contributed by atoms with Crippen LogP contribution in [0.3, 0.4) is 0 Å². The maximum Gasteiger partial charge on any atom is 0.338 e. The average Bonchev–Trinajstić information content (AvgIpc) is 2.84. The number of aromatic nitrogens is 2. The third kappa shape index (κ3) is 4.00. The summed E-state index contributed by atoms with van der Waals surface area (Å²) in [6.07, 6.45) is 0. The number of carbonyl (C=O) groups excluding carboxylic acids is 2. The fraction of sp³-hybridized carbons (Fsp3) is 0.217. The van der Waals surface area contributed by atoms with Gasteiger partial charge in [-0.3, -0.25) is 4.79 Å². The van der Waals surface area contributed by atoms with Crippen LogP contribution in [0.4, 0.5) is 5.82 Å². The number of methoxy groups -OCH3 is 1. The lowest BCUT2D eigenvalue weighted by atomic mass is 10.1. The second-order valence-corrected chi connectivity index (χ2v) is 6.96. The summed E-state index contributed by atoms with van der Waals surface area (Å²) in [6.45, 7) is 2.36. The highest BCUT2D eigenvalue weighted by atomic mass is 16.5. The number of nitrogens with zero attached hydrogens (tertiary/aromatic N) is 4. The number of ether oxygens (including phenoxy) is 1. The predicted molar refractivity (Wildman–Crippen MR) is 113 cm³/mol. The Labute approximate surface area is 174 Å². The Bertz CT molecular complexity index is 1030. The van der Waals surface area contributed by atoms with Crippen molar-refractivity contribution >= 4 is 17.7 Å². The molecule has 1 aromatic heterocycles. The average molecular weight is 402 g/mol. The van der Waals surface area contributed by atoms with Gasteiger partial charge in [-0.1, -0.05) is 42.5 Å². The number of piperazine rings is 1. The topological polar surface area (TPSA) is 75.6 Å². The van der Waals surface area contributed by atoms with E-state index >= 15 is 0 Å². The summed E-state index contributed by atoms with van der Waals surface area (Å²) >= 11 is 0. The molecule has 1 amide bonds. The van der Waals surface area contributed by atoms with Crippen LogP contribution in [-0.4, -0.2) is 60.3 Å². The van der Waals surface area contributed by atoms with Gasteiger partial charge in [-0.15, -0.1) is 10.2 Å². The van der Waals surface area contributed by atoms with Crippen molar-refractivity contribution in [1.29, 1.82) is 0 Å². The summed E-state index contributed by atoms with van der Waals surface area (Å²) in [5, 5.41) is 8.71. The minimum atomic E-state index is -0.508. The van der Waals surface area contributed by atoms with E-state index in [9.17, 15) is 9.59 Å². The smallest absolute Gasteiger partial charge is 0.338 e. The second kappa shape index (κ2) is 8.73. The zero-order chi connectivity index (χ0) is 20.9. The Morgan fingerprint density at radius 3 is 2.10 bits per heavy atom. The molecule has 0 unspecified atom stereocenters. The van der Waals surface area contributed by atoms with E-state index in [1.807, 2.05) is 42.5 Å². The van der Waals surface area contributed by atoms with Crippen LogP contribution in [0, 0.1) is 0 Å². The maximum atomic E-state index is 13.0. The van der Waals surface area contributed by atoms with Crippen LogP contribution >= 0.6 is 0 Å². The molecular weight excluding hydrogens is 380 g/mol. The Hall–Kier alpha value is -3.74. The molecule has 1 aliphatic rings. The number of hydrogen-bond acceptors (Lipinski definition) is 6. The van der Waals surface area contributed by atoms with Crippen molar-refractivity contribution in [2.24, 2.45) is 0 Å². The standard InChI is InChI=1S/C23H22N4O3/c1-30-23(29)19-10-6-5-9-18(19)22(28)27-15-13-26(14-16-27)21-12-11-20(24-25-21)17-7-3-2-4-8-17/h2-12H,13-16H2,1H3. The highest BCUT2D eigenvalue weighted by molar-refractivity contribution is 6.05. The van der Waals surface area contributed by atoms with Gasteiger partial charge in [-0.25, -0.2) is 4.79 Å². The third-order valence-corrected chi connectivity index (χ3v) is 5.17. The quantitative estimate of drug-likeness (QED) is 0.625. The van der Waals surface area contributed by atoms with Gasteiger partial charge in [0.25, 0.3) is 5.91 Å². The number of rotatable bonds is 4. The summed E-state index contributed by atoms with van der Waals surface area (Å²) in [6, 6.07) is 20.6. The van der Waals surface area contributed by atoms with Crippen LogP contribution in [0.1, 0.15) is 20.7 Å². The molecule has 2 aromatic carbocycles. The number of esters is 1. The van der Waals surface area contributed by atoms with Crippen molar-refractivity contribution in [3.8, 4) is 11.3 Å². The Kier molecular flexibility index (Phi) is 5.70. The largest absolute Gasteiger partial charge is 0.465 e. The predicted octanol–water partition coefficient (Wildman–Crippen LogP) is 2.89. The van der Waals surface area contributed by atoms with Gasteiger partial charge in [0.05, 0.1) is 23.9 Å². The van der Waals surface area contributed by atoms with Crippen molar-refractivity contribution in [1.82, 2.24) is 15.1 Å². The van der Waals surface area contributed by atoms with E-state index < -0.39 is 5.97 Å². The molecule has 0 radical (unpaired) electrons. The van der Waals surface area contributed by atoms with Crippen molar-refractivity contribution in [2.75, 3.05) is 38.2 Å². The summed E-state index contributed by atoms with van der Waals surface area (Å²) in [5.74, 6) is 0.115. The molecule has 2 heterocycles. The number of carbonyl (C=O) groups is 2. The van der Waals surface area contributed by atoms with Crippen LogP contribution in [0.15, 0.2) is 66.7 Å². The summed E-state index contributed by atoms with van der Waals surface area (Å²) < 4.78 is 4.80. The van der Waals surface area contributed by atoms with Gasteiger partial charge in [0.2, 0.25) is 0 Å². The summed E-state index contributed by atoms with van der Waals surface area (Å²) in [5.41, 5.74) is 2.50. The number of amides is 1. The van der Waals surface area contributed by atoms with E-state index in [2.05, 4.69) is 15.1 Å². The molecule has 3 aromatic rings. The fourth-order valence-corrected chi connectivity index (χ4v) is 3.52. The van der Waals surface area contributed by atoms with E-state index in [4.69, 9.17) is 4.74 Å². The molecule has 1 saturated heterocycles. The van der Waals surface area contributed by atoms with Gasteiger partial charge in [-0.2, -0.15) is 0 Å². The first-order valence-electron chi connectivity index (χ1n) is 9.78. The molecule has 4 rings (SSSR count). The van der Waals surface area contributed by atoms with Crippen molar-refractivity contribution < 1.29 is 14.3 Å². The van der Waals surface area contributed by atoms with Crippen LogP contribution in [0.25, 0.3) is 11.3 Å². The monoisotopic (exact) mass is 402 g/mol. The molecule has 7 heteroatoms. The zero-order valence-corrected chi connectivity index (χ0v) is 16.7. The first-order chi connectivity index (χ1) is 14.7. The Morgan fingerprint density at radius 1 is 0.800 bits per heavy atom. The number of anilines is 1. The molecule has 1 fully saturated rings. The van der Waals surface area contributed by atoms with Crippen LogP contribution in [-0.2, 0) is 4.74 Å². The molecule has 0 aliphatic carbocycles. The van der Waals surface area contributed by atoms with E-state index in [0.29, 0.717) is 31.7 Å². The molecule has 30 heavy (non-hydrogen) atoms. The molecule has 0 spiro atoms. The minimum Gasteiger partial charge on any atom is -0.465 e. The first kappa shape index (κ1) is 19.6. The lowest BCUT2D eigenvalue weighted by molar-refractivity contribution is 0.0589. The maximum absolute atomic E-state index is 13.0.